The molecule has 3 heteroatoms. The minimum absolute atomic E-state index is 0.172. The van der Waals surface area contributed by atoms with Gasteiger partial charge in [0.2, 0.25) is 5.91 Å². The highest BCUT2D eigenvalue weighted by Gasteiger charge is 2.11. The van der Waals surface area contributed by atoms with E-state index in [0.29, 0.717) is 12.3 Å². The standard InChI is InChI=1S/C15H24N2O/c1-12(2)13-7-5-8-14(11-13)17(4)15(18)9-6-10-16-3/h5,7-8,11-12,16H,6,9-10H2,1-4H3. The number of carbonyl (C=O) groups excluding carboxylic acids is 1. The monoisotopic (exact) mass is 248 g/mol. The maximum absolute atomic E-state index is 12.0. The molecular formula is C15H24N2O. The Bertz CT molecular complexity index is 388. The van der Waals surface area contributed by atoms with Crippen LogP contribution in [0.2, 0.25) is 0 Å². The number of rotatable bonds is 6. The number of nitrogens with zero attached hydrogens (tertiary/aromatic N) is 1. The minimum Gasteiger partial charge on any atom is -0.320 e. The molecule has 0 aliphatic heterocycles. The molecule has 0 aliphatic carbocycles. The molecule has 0 atom stereocenters. The van der Waals surface area contributed by atoms with Gasteiger partial charge < -0.3 is 10.2 Å². The molecule has 1 amide bonds. The maximum atomic E-state index is 12.0. The molecule has 0 fully saturated rings. The first-order valence-corrected chi connectivity index (χ1v) is 6.57. The van der Waals surface area contributed by atoms with Crippen molar-refractivity contribution in [1.29, 1.82) is 0 Å². The Labute approximate surface area is 110 Å². The molecule has 1 rings (SSSR count). The first kappa shape index (κ1) is 14.7. The molecule has 0 aromatic heterocycles. The summed E-state index contributed by atoms with van der Waals surface area (Å²) in [5.74, 6) is 0.656. The summed E-state index contributed by atoms with van der Waals surface area (Å²) >= 11 is 0. The van der Waals surface area contributed by atoms with Gasteiger partial charge in [0.25, 0.3) is 0 Å². The third-order valence-electron chi connectivity index (χ3n) is 3.12. The Morgan fingerprint density at radius 3 is 2.72 bits per heavy atom. The van der Waals surface area contributed by atoms with Crippen LogP contribution in [0.5, 0.6) is 0 Å². The molecule has 18 heavy (non-hydrogen) atoms. The van der Waals surface area contributed by atoms with Crippen molar-refractivity contribution in [3.05, 3.63) is 29.8 Å². The Balaban J connectivity index is 2.68. The summed E-state index contributed by atoms with van der Waals surface area (Å²) in [5, 5.41) is 3.06. The van der Waals surface area contributed by atoms with Crippen LogP contribution in [0.4, 0.5) is 5.69 Å². The predicted molar refractivity (Wildman–Crippen MR) is 77.1 cm³/mol. The van der Waals surface area contributed by atoms with E-state index in [0.717, 1.165) is 18.7 Å². The molecule has 0 aliphatic rings. The van der Waals surface area contributed by atoms with Crippen LogP contribution in [0.1, 0.15) is 38.2 Å². The maximum Gasteiger partial charge on any atom is 0.226 e. The van der Waals surface area contributed by atoms with Gasteiger partial charge in [-0.2, -0.15) is 0 Å². The van der Waals surface area contributed by atoms with E-state index in [9.17, 15) is 4.79 Å². The van der Waals surface area contributed by atoms with Crippen molar-refractivity contribution in [3.8, 4) is 0 Å². The smallest absolute Gasteiger partial charge is 0.226 e. The van der Waals surface area contributed by atoms with E-state index in [1.807, 2.05) is 26.2 Å². The summed E-state index contributed by atoms with van der Waals surface area (Å²) in [5.41, 5.74) is 2.25. The van der Waals surface area contributed by atoms with Crippen molar-refractivity contribution in [3.63, 3.8) is 0 Å². The molecule has 0 bridgehead atoms. The number of amides is 1. The molecule has 100 valence electrons. The lowest BCUT2D eigenvalue weighted by Gasteiger charge is -2.19. The number of carbonyl (C=O) groups is 1. The van der Waals surface area contributed by atoms with Gasteiger partial charge in [-0.3, -0.25) is 4.79 Å². The fourth-order valence-corrected chi connectivity index (χ4v) is 1.82. The summed E-state index contributed by atoms with van der Waals surface area (Å²) in [6, 6.07) is 8.21. The average molecular weight is 248 g/mol. The van der Waals surface area contributed by atoms with Gasteiger partial charge in [-0.15, -0.1) is 0 Å². The van der Waals surface area contributed by atoms with E-state index in [1.54, 1.807) is 4.90 Å². The number of nitrogens with one attached hydrogen (secondary N) is 1. The highest BCUT2D eigenvalue weighted by Crippen LogP contribution is 2.21. The second kappa shape index (κ2) is 7.17. The van der Waals surface area contributed by atoms with Gasteiger partial charge in [-0.1, -0.05) is 26.0 Å². The molecule has 1 aromatic rings. The molecule has 0 heterocycles. The highest BCUT2D eigenvalue weighted by molar-refractivity contribution is 5.92. The summed E-state index contributed by atoms with van der Waals surface area (Å²) in [6.45, 7) is 5.20. The zero-order valence-corrected chi connectivity index (χ0v) is 11.9. The van der Waals surface area contributed by atoms with Gasteiger partial charge >= 0.3 is 0 Å². The highest BCUT2D eigenvalue weighted by atomic mass is 16.2. The van der Waals surface area contributed by atoms with E-state index in [-0.39, 0.29) is 5.91 Å². The van der Waals surface area contributed by atoms with Crippen LogP contribution in [0.3, 0.4) is 0 Å². The van der Waals surface area contributed by atoms with E-state index in [2.05, 4.69) is 31.3 Å². The molecular weight excluding hydrogens is 224 g/mol. The minimum atomic E-state index is 0.172. The molecule has 1 N–H and O–H groups in total. The summed E-state index contributed by atoms with van der Waals surface area (Å²) < 4.78 is 0. The van der Waals surface area contributed by atoms with Crippen LogP contribution >= 0.6 is 0 Å². The zero-order chi connectivity index (χ0) is 13.5. The molecule has 0 saturated carbocycles. The van der Waals surface area contributed by atoms with Gasteiger partial charge in [-0.25, -0.2) is 0 Å². The molecule has 3 nitrogen and oxygen atoms in total. The Morgan fingerprint density at radius 1 is 1.39 bits per heavy atom. The van der Waals surface area contributed by atoms with E-state index >= 15 is 0 Å². The van der Waals surface area contributed by atoms with Gasteiger partial charge in [0, 0.05) is 19.2 Å². The normalized spacial score (nSPS) is 10.7. The topological polar surface area (TPSA) is 32.3 Å². The van der Waals surface area contributed by atoms with Crippen molar-refractivity contribution in [1.82, 2.24) is 5.32 Å². The Hall–Kier alpha value is -1.35. The molecule has 1 aromatic carbocycles. The molecule has 0 spiro atoms. The van der Waals surface area contributed by atoms with Crippen LogP contribution < -0.4 is 10.2 Å². The number of benzene rings is 1. The predicted octanol–water partition coefficient (Wildman–Crippen LogP) is 2.77. The number of hydrogen-bond acceptors (Lipinski definition) is 2. The molecule has 0 radical (unpaired) electrons. The van der Waals surface area contributed by atoms with Crippen molar-refractivity contribution in [2.24, 2.45) is 0 Å². The first-order chi connectivity index (χ1) is 8.56. The van der Waals surface area contributed by atoms with Crippen LogP contribution in [0, 0.1) is 0 Å². The van der Waals surface area contributed by atoms with Crippen molar-refractivity contribution in [2.45, 2.75) is 32.6 Å². The Kier molecular flexibility index (Phi) is 5.86. The van der Waals surface area contributed by atoms with E-state index in [1.165, 1.54) is 5.56 Å². The van der Waals surface area contributed by atoms with Crippen LogP contribution in [-0.4, -0.2) is 26.5 Å². The number of anilines is 1. The van der Waals surface area contributed by atoms with Gasteiger partial charge in [0.1, 0.15) is 0 Å². The lowest BCUT2D eigenvalue weighted by atomic mass is 10.0. The van der Waals surface area contributed by atoms with Crippen molar-refractivity contribution < 1.29 is 4.79 Å². The fraction of sp³-hybridized carbons (Fsp3) is 0.533. The second-order valence-corrected chi connectivity index (χ2v) is 4.91. The quantitative estimate of drug-likeness (QED) is 0.785. The average Bonchev–Trinajstić information content (AvgIpc) is 2.38. The summed E-state index contributed by atoms with van der Waals surface area (Å²) in [4.78, 5) is 13.7. The van der Waals surface area contributed by atoms with E-state index in [4.69, 9.17) is 0 Å². The lowest BCUT2D eigenvalue weighted by molar-refractivity contribution is -0.118. The zero-order valence-electron chi connectivity index (χ0n) is 11.9. The third-order valence-corrected chi connectivity index (χ3v) is 3.12. The SMILES string of the molecule is CNCCCC(=O)N(C)c1cccc(C(C)C)c1. The summed E-state index contributed by atoms with van der Waals surface area (Å²) in [6.07, 6.45) is 1.47. The van der Waals surface area contributed by atoms with Crippen molar-refractivity contribution >= 4 is 11.6 Å². The van der Waals surface area contributed by atoms with Crippen LogP contribution in [0.25, 0.3) is 0 Å². The fourth-order valence-electron chi connectivity index (χ4n) is 1.82. The second-order valence-electron chi connectivity index (χ2n) is 4.91. The number of hydrogen-bond donors (Lipinski definition) is 1. The largest absolute Gasteiger partial charge is 0.320 e. The first-order valence-electron chi connectivity index (χ1n) is 6.57. The molecule has 0 saturated heterocycles. The van der Waals surface area contributed by atoms with Crippen molar-refractivity contribution in [2.75, 3.05) is 25.5 Å². The van der Waals surface area contributed by atoms with Gasteiger partial charge in [-0.05, 0) is 43.6 Å². The van der Waals surface area contributed by atoms with Crippen LogP contribution in [-0.2, 0) is 4.79 Å². The lowest BCUT2D eigenvalue weighted by Crippen LogP contribution is -2.26. The van der Waals surface area contributed by atoms with Gasteiger partial charge in [0.05, 0.1) is 0 Å². The Morgan fingerprint density at radius 2 is 2.11 bits per heavy atom. The summed E-state index contributed by atoms with van der Waals surface area (Å²) in [7, 11) is 3.75. The third kappa shape index (κ3) is 4.15. The van der Waals surface area contributed by atoms with E-state index < -0.39 is 0 Å². The molecule has 0 unspecified atom stereocenters. The van der Waals surface area contributed by atoms with Gasteiger partial charge in [0.15, 0.2) is 0 Å². The van der Waals surface area contributed by atoms with Crippen LogP contribution in [0.15, 0.2) is 24.3 Å².